The maximum atomic E-state index is 12.3. The van der Waals surface area contributed by atoms with Crippen LogP contribution in [-0.2, 0) is 9.53 Å². The quantitative estimate of drug-likeness (QED) is 0.809. The van der Waals surface area contributed by atoms with Gasteiger partial charge in [-0.2, -0.15) is 0 Å². The maximum Gasteiger partial charge on any atom is 0.338 e. The molecule has 1 heterocycles. The lowest BCUT2D eigenvalue weighted by molar-refractivity contribution is -0.125. The summed E-state index contributed by atoms with van der Waals surface area (Å²) in [5.41, 5.74) is 0.255. The summed E-state index contributed by atoms with van der Waals surface area (Å²) in [6, 6.07) is 3.22. The lowest BCUT2D eigenvalue weighted by Crippen LogP contribution is -2.42. The largest absolute Gasteiger partial charge is 0.493 e. The Balaban J connectivity index is 1.58. The Morgan fingerprint density at radius 2 is 1.96 bits per heavy atom. The maximum absolute atomic E-state index is 12.3. The third kappa shape index (κ3) is 4.20. The molecule has 1 aromatic rings. The van der Waals surface area contributed by atoms with E-state index in [-0.39, 0.29) is 24.1 Å². The molecule has 0 bridgehead atoms. The predicted octanol–water partition coefficient (Wildman–Crippen LogP) is 2.32. The van der Waals surface area contributed by atoms with E-state index in [1.165, 1.54) is 19.6 Å². The Morgan fingerprint density at radius 3 is 2.73 bits per heavy atom. The summed E-state index contributed by atoms with van der Waals surface area (Å²) in [4.78, 5) is 24.4. The van der Waals surface area contributed by atoms with Crippen molar-refractivity contribution in [2.24, 2.45) is 5.92 Å². The number of fused-ring (bicyclic) bond motifs is 1. The first-order valence-electron chi connectivity index (χ1n) is 9.02. The second-order valence-electron chi connectivity index (χ2n) is 6.71. The number of carbonyl (C=O) groups excluding carboxylic acids is 2. The molecular weight excluding hydrogens is 338 g/mol. The van der Waals surface area contributed by atoms with Crippen molar-refractivity contribution in [3.8, 4) is 17.2 Å². The molecule has 1 aliphatic heterocycles. The first-order valence-corrected chi connectivity index (χ1v) is 9.02. The molecule has 0 aromatic heterocycles. The molecule has 2 aliphatic rings. The van der Waals surface area contributed by atoms with Gasteiger partial charge in [-0.15, -0.1) is 0 Å². The van der Waals surface area contributed by atoms with Crippen LogP contribution in [0.15, 0.2) is 12.1 Å². The van der Waals surface area contributed by atoms with Crippen LogP contribution in [-0.4, -0.2) is 44.8 Å². The van der Waals surface area contributed by atoms with E-state index >= 15 is 0 Å². The van der Waals surface area contributed by atoms with Gasteiger partial charge in [-0.3, -0.25) is 4.79 Å². The minimum atomic E-state index is -0.605. The van der Waals surface area contributed by atoms with Gasteiger partial charge in [0.1, 0.15) is 13.2 Å². The fourth-order valence-electron chi connectivity index (χ4n) is 3.38. The molecule has 142 valence electrons. The van der Waals surface area contributed by atoms with Crippen molar-refractivity contribution >= 4 is 11.9 Å². The van der Waals surface area contributed by atoms with E-state index in [0.29, 0.717) is 36.4 Å². The Labute approximate surface area is 152 Å². The molecule has 3 rings (SSSR count). The molecule has 0 unspecified atom stereocenters. The molecule has 1 fully saturated rings. The van der Waals surface area contributed by atoms with Crippen LogP contribution in [0.5, 0.6) is 17.2 Å². The monoisotopic (exact) mass is 363 g/mol. The molecule has 2 atom stereocenters. The minimum Gasteiger partial charge on any atom is -0.493 e. The summed E-state index contributed by atoms with van der Waals surface area (Å²) in [7, 11) is 1.49. The molecule has 1 aromatic carbocycles. The zero-order valence-corrected chi connectivity index (χ0v) is 15.2. The number of carbonyl (C=O) groups is 2. The van der Waals surface area contributed by atoms with Crippen molar-refractivity contribution in [1.82, 2.24) is 5.32 Å². The number of esters is 1. The predicted molar refractivity (Wildman–Crippen MR) is 93.8 cm³/mol. The summed E-state index contributed by atoms with van der Waals surface area (Å²) >= 11 is 0. The number of ether oxygens (including phenoxy) is 4. The van der Waals surface area contributed by atoms with Gasteiger partial charge in [0.05, 0.1) is 12.7 Å². The fraction of sp³-hybridized carbons (Fsp3) is 0.579. The van der Waals surface area contributed by atoms with E-state index in [1.54, 1.807) is 6.07 Å². The number of rotatable bonds is 5. The van der Waals surface area contributed by atoms with Crippen LogP contribution in [0.4, 0.5) is 0 Å². The van der Waals surface area contributed by atoms with Crippen LogP contribution in [0.3, 0.4) is 0 Å². The Morgan fingerprint density at radius 1 is 1.19 bits per heavy atom. The normalized spacial score (nSPS) is 21.6. The standard InChI is InChI=1S/C19H25NO6/c1-12-5-3-4-6-14(12)20-17(21)11-26-19(22)13-9-15(23-2)18-16(10-13)24-7-8-25-18/h9-10,12,14H,3-8,11H2,1-2H3,(H,20,21)/t12-,14-/m1/s1. The van der Waals surface area contributed by atoms with Gasteiger partial charge in [0, 0.05) is 6.04 Å². The highest BCUT2D eigenvalue weighted by Gasteiger charge is 2.24. The Bertz CT molecular complexity index is 657. The highest BCUT2D eigenvalue weighted by Crippen LogP contribution is 2.40. The average Bonchev–Trinajstić information content (AvgIpc) is 2.67. The molecule has 1 N–H and O–H groups in total. The number of hydrogen-bond acceptors (Lipinski definition) is 6. The molecule has 7 heteroatoms. The number of nitrogens with one attached hydrogen (secondary N) is 1. The van der Waals surface area contributed by atoms with Crippen molar-refractivity contribution < 1.29 is 28.5 Å². The number of methoxy groups -OCH3 is 1. The molecular formula is C19H25NO6. The van der Waals surface area contributed by atoms with E-state index in [1.807, 2.05) is 0 Å². The van der Waals surface area contributed by atoms with E-state index in [0.717, 1.165) is 19.3 Å². The summed E-state index contributed by atoms with van der Waals surface area (Å²) < 4.78 is 21.4. The zero-order chi connectivity index (χ0) is 18.5. The summed E-state index contributed by atoms with van der Waals surface area (Å²) in [5.74, 6) is 0.871. The average molecular weight is 363 g/mol. The molecule has 0 spiro atoms. The van der Waals surface area contributed by atoms with Gasteiger partial charge < -0.3 is 24.3 Å². The highest BCUT2D eigenvalue weighted by atomic mass is 16.6. The molecule has 7 nitrogen and oxygen atoms in total. The SMILES string of the molecule is COc1cc(C(=O)OCC(=O)N[C@@H]2CCCC[C@H]2C)cc2c1OCCO2. The van der Waals surface area contributed by atoms with Crippen LogP contribution in [0.25, 0.3) is 0 Å². The molecule has 0 radical (unpaired) electrons. The van der Waals surface area contributed by atoms with Crippen LogP contribution in [0.2, 0.25) is 0 Å². The molecule has 0 saturated heterocycles. The lowest BCUT2D eigenvalue weighted by Gasteiger charge is -2.29. The number of hydrogen-bond donors (Lipinski definition) is 1. The third-order valence-corrected chi connectivity index (χ3v) is 4.86. The fourth-order valence-corrected chi connectivity index (χ4v) is 3.38. The topological polar surface area (TPSA) is 83.1 Å². The van der Waals surface area contributed by atoms with E-state index in [9.17, 15) is 9.59 Å². The summed E-state index contributed by atoms with van der Waals surface area (Å²) in [5, 5.41) is 2.96. The van der Waals surface area contributed by atoms with E-state index in [2.05, 4.69) is 12.2 Å². The number of benzene rings is 1. The first-order chi connectivity index (χ1) is 12.6. The van der Waals surface area contributed by atoms with Gasteiger partial charge in [0.15, 0.2) is 18.1 Å². The van der Waals surface area contributed by atoms with Crippen molar-refractivity contribution in [2.45, 2.75) is 38.6 Å². The van der Waals surface area contributed by atoms with Crippen LogP contribution < -0.4 is 19.5 Å². The Kier molecular flexibility index (Phi) is 5.85. The summed E-state index contributed by atoms with van der Waals surface area (Å²) in [6.45, 7) is 2.65. The van der Waals surface area contributed by atoms with Gasteiger partial charge in [-0.25, -0.2) is 4.79 Å². The minimum absolute atomic E-state index is 0.157. The van der Waals surface area contributed by atoms with Gasteiger partial charge >= 0.3 is 5.97 Å². The third-order valence-electron chi connectivity index (χ3n) is 4.86. The van der Waals surface area contributed by atoms with Crippen LogP contribution in [0, 0.1) is 5.92 Å². The van der Waals surface area contributed by atoms with E-state index < -0.39 is 5.97 Å². The van der Waals surface area contributed by atoms with Crippen LogP contribution >= 0.6 is 0 Å². The van der Waals surface area contributed by atoms with Gasteiger partial charge in [-0.1, -0.05) is 19.8 Å². The number of amides is 1. The highest BCUT2D eigenvalue weighted by molar-refractivity contribution is 5.92. The molecule has 26 heavy (non-hydrogen) atoms. The lowest BCUT2D eigenvalue weighted by atomic mass is 9.86. The zero-order valence-electron chi connectivity index (χ0n) is 15.2. The molecule has 1 saturated carbocycles. The first kappa shape index (κ1) is 18.4. The van der Waals surface area contributed by atoms with Crippen molar-refractivity contribution in [2.75, 3.05) is 26.9 Å². The van der Waals surface area contributed by atoms with E-state index in [4.69, 9.17) is 18.9 Å². The van der Waals surface area contributed by atoms with Crippen LogP contribution in [0.1, 0.15) is 43.0 Å². The van der Waals surface area contributed by atoms with Gasteiger partial charge in [-0.05, 0) is 30.9 Å². The second kappa shape index (κ2) is 8.29. The Hall–Kier alpha value is -2.44. The van der Waals surface area contributed by atoms with Crippen molar-refractivity contribution in [3.05, 3.63) is 17.7 Å². The molecule has 1 aliphatic carbocycles. The van der Waals surface area contributed by atoms with Gasteiger partial charge in [0.2, 0.25) is 5.75 Å². The van der Waals surface area contributed by atoms with Crippen molar-refractivity contribution in [1.29, 1.82) is 0 Å². The molecule has 1 amide bonds. The smallest absolute Gasteiger partial charge is 0.338 e. The van der Waals surface area contributed by atoms with Gasteiger partial charge in [0.25, 0.3) is 5.91 Å². The van der Waals surface area contributed by atoms with Crippen molar-refractivity contribution in [3.63, 3.8) is 0 Å². The second-order valence-corrected chi connectivity index (χ2v) is 6.71. The summed E-state index contributed by atoms with van der Waals surface area (Å²) in [6.07, 6.45) is 4.41.